The summed E-state index contributed by atoms with van der Waals surface area (Å²) in [5.41, 5.74) is 2.57. The van der Waals surface area contributed by atoms with Gasteiger partial charge in [0.1, 0.15) is 0 Å². The summed E-state index contributed by atoms with van der Waals surface area (Å²) in [7, 11) is 3.18. The third-order valence-corrected chi connectivity index (χ3v) is 13.8. The first-order chi connectivity index (χ1) is 20.5. The summed E-state index contributed by atoms with van der Waals surface area (Å²) in [6, 6.07) is 0. The molecular weight excluding hydrogens is 554 g/mol. The maximum absolute atomic E-state index is 11.5. The molecule has 0 aromatic rings. The van der Waals surface area contributed by atoms with Crippen molar-refractivity contribution >= 4 is 17.9 Å². The first-order valence-corrected chi connectivity index (χ1v) is 19.0. The Morgan fingerprint density at radius 3 is 2.60 bits per heavy atom. The average Bonchev–Trinajstić information content (AvgIpc) is 3.34. The molecule has 248 valence electrons. The molecule has 5 nitrogen and oxygen atoms in total. The van der Waals surface area contributed by atoms with Crippen molar-refractivity contribution in [2.24, 2.45) is 46.3 Å². The Labute approximate surface area is 268 Å². The van der Waals surface area contributed by atoms with Gasteiger partial charge in [-0.15, -0.1) is 0 Å². The fraction of sp³-hybridized carbons (Fsp3) is 0.919. The van der Waals surface area contributed by atoms with Crippen LogP contribution in [0, 0.1) is 46.3 Å². The maximum atomic E-state index is 11.5. The first-order valence-electron chi connectivity index (χ1n) is 17.9. The molecule has 0 spiro atoms. The largest absolute Gasteiger partial charge is 0.453 e. The van der Waals surface area contributed by atoms with Crippen LogP contribution in [-0.2, 0) is 9.47 Å². The topological polar surface area (TPSA) is 59.0 Å². The molecule has 0 aromatic carbocycles. The molecule has 0 aromatic heterocycles. The summed E-state index contributed by atoms with van der Waals surface area (Å²) in [5.74, 6) is 6.95. The van der Waals surface area contributed by atoms with Gasteiger partial charge in [-0.2, -0.15) is 11.8 Å². The second-order valence-corrected chi connectivity index (χ2v) is 17.0. The second-order valence-electron chi connectivity index (χ2n) is 15.8. The summed E-state index contributed by atoms with van der Waals surface area (Å²) in [6.45, 7) is 13.8. The van der Waals surface area contributed by atoms with E-state index in [0.717, 1.165) is 66.9 Å². The Bertz CT molecular complexity index is 924. The van der Waals surface area contributed by atoms with Gasteiger partial charge in [0.25, 0.3) is 0 Å². The predicted octanol–water partition coefficient (Wildman–Crippen LogP) is 8.99. The van der Waals surface area contributed by atoms with Gasteiger partial charge in [-0.25, -0.2) is 4.79 Å². The van der Waals surface area contributed by atoms with Gasteiger partial charge in [0, 0.05) is 19.3 Å². The smallest absolute Gasteiger partial charge is 0.409 e. The minimum Gasteiger partial charge on any atom is -0.453 e. The number of unbranched alkanes of at least 4 members (excludes halogenated alkanes) is 1. The van der Waals surface area contributed by atoms with E-state index in [0.29, 0.717) is 29.7 Å². The van der Waals surface area contributed by atoms with E-state index in [1.54, 1.807) is 29.3 Å². The van der Waals surface area contributed by atoms with Crippen LogP contribution < -0.4 is 0 Å². The van der Waals surface area contributed by atoms with E-state index in [-0.39, 0.29) is 12.2 Å². The minimum atomic E-state index is -0.417. The highest BCUT2D eigenvalue weighted by atomic mass is 32.2. The molecule has 3 saturated carbocycles. The molecule has 9 unspecified atom stereocenters. The Kier molecular flexibility index (Phi) is 12.8. The Balaban J connectivity index is 1.21. The van der Waals surface area contributed by atoms with Crippen LogP contribution in [0.5, 0.6) is 0 Å². The van der Waals surface area contributed by atoms with Crippen molar-refractivity contribution in [2.75, 3.05) is 38.8 Å². The van der Waals surface area contributed by atoms with Crippen molar-refractivity contribution in [3.63, 3.8) is 0 Å². The van der Waals surface area contributed by atoms with E-state index in [1.165, 1.54) is 64.9 Å². The van der Waals surface area contributed by atoms with Crippen LogP contribution in [0.1, 0.15) is 118 Å². The van der Waals surface area contributed by atoms with E-state index < -0.39 is 6.10 Å². The van der Waals surface area contributed by atoms with Gasteiger partial charge < -0.3 is 19.5 Å². The fourth-order valence-corrected chi connectivity index (χ4v) is 11.1. The molecule has 3 fully saturated rings. The van der Waals surface area contributed by atoms with Gasteiger partial charge in [-0.05, 0) is 116 Å². The lowest BCUT2D eigenvalue weighted by Crippen LogP contribution is -2.51. The zero-order valence-corrected chi connectivity index (χ0v) is 29.6. The highest BCUT2D eigenvalue weighted by Crippen LogP contribution is 2.67. The van der Waals surface area contributed by atoms with E-state index >= 15 is 0 Å². The number of carbonyl (C=O) groups excluding carboxylic acids is 1. The van der Waals surface area contributed by atoms with Crippen molar-refractivity contribution in [3.05, 3.63) is 11.6 Å². The number of amides is 1. The summed E-state index contributed by atoms with van der Waals surface area (Å²) in [4.78, 5) is 13.1. The number of hydrogen-bond acceptors (Lipinski definition) is 5. The standard InChI is InChI=1S/C37H65NO4S/c1-26(2)11-10-12-27(3)32-15-16-33-31-14-13-28-23-30(17-19-36(28,4)34(31)18-20-37(32,33)5)42-24-29(39)25-43-22-9-8-21-38(6)35(40)41-7/h13,26-27,29-34,39H,8-12,14-25H2,1-7H3. The maximum Gasteiger partial charge on any atom is 0.409 e. The van der Waals surface area contributed by atoms with Gasteiger partial charge in [0.15, 0.2) is 0 Å². The molecule has 4 rings (SSSR count). The average molecular weight is 620 g/mol. The van der Waals surface area contributed by atoms with Crippen molar-refractivity contribution in [1.29, 1.82) is 0 Å². The predicted molar refractivity (Wildman–Crippen MR) is 180 cm³/mol. The van der Waals surface area contributed by atoms with Gasteiger partial charge in [0.05, 0.1) is 25.9 Å². The fourth-order valence-electron chi connectivity index (χ4n) is 10.1. The highest BCUT2D eigenvalue weighted by molar-refractivity contribution is 7.99. The van der Waals surface area contributed by atoms with Crippen LogP contribution >= 0.6 is 11.8 Å². The molecule has 1 N–H and O–H groups in total. The van der Waals surface area contributed by atoms with Gasteiger partial charge >= 0.3 is 6.09 Å². The van der Waals surface area contributed by atoms with E-state index in [9.17, 15) is 9.90 Å². The van der Waals surface area contributed by atoms with E-state index in [4.69, 9.17) is 9.47 Å². The Hall–Kier alpha value is -0.720. The van der Waals surface area contributed by atoms with Crippen LogP contribution in [0.15, 0.2) is 11.6 Å². The lowest BCUT2D eigenvalue weighted by Gasteiger charge is -2.58. The molecule has 1 amide bonds. The molecule has 0 radical (unpaired) electrons. The molecule has 9 atom stereocenters. The highest BCUT2D eigenvalue weighted by Gasteiger charge is 2.59. The van der Waals surface area contributed by atoms with Gasteiger partial charge in [0.2, 0.25) is 0 Å². The Morgan fingerprint density at radius 2 is 1.86 bits per heavy atom. The molecule has 4 aliphatic rings. The molecule has 0 aliphatic heterocycles. The number of rotatable bonds is 15. The third kappa shape index (κ3) is 8.36. The van der Waals surface area contributed by atoms with Crippen molar-refractivity contribution < 1.29 is 19.4 Å². The SMILES string of the molecule is COC(=O)N(C)CCCCSCC(O)COC1CCC2(C)C(=CCC3C2CCC2(C)C(C(C)CCCC(C)C)CCC32)C1. The minimum absolute atomic E-state index is 0.251. The quantitative estimate of drug-likeness (QED) is 0.146. The second kappa shape index (κ2) is 15.7. The number of methoxy groups -OCH3 is 1. The lowest BCUT2D eigenvalue weighted by atomic mass is 9.47. The molecule has 0 heterocycles. The van der Waals surface area contributed by atoms with Crippen molar-refractivity contribution in [3.8, 4) is 0 Å². The lowest BCUT2D eigenvalue weighted by molar-refractivity contribution is -0.0696. The molecule has 4 aliphatic carbocycles. The number of fused-ring (bicyclic) bond motifs is 5. The van der Waals surface area contributed by atoms with Crippen LogP contribution in [0.4, 0.5) is 4.79 Å². The summed E-state index contributed by atoms with van der Waals surface area (Å²) < 4.78 is 11.1. The van der Waals surface area contributed by atoms with Crippen LogP contribution in [0.3, 0.4) is 0 Å². The zero-order valence-electron chi connectivity index (χ0n) is 28.7. The molecular formula is C37H65NO4S. The molecule has 0 saturated heterocycles. The van der Waals surface area contributed by atoms with Crippen molar-refractivity contribution in [1.82, 2.24) is 4.90 Å². The van der Waals surface area contributed by atoms with E-state index in [2.05, 4.69) is 40.7 Å². The summed E-state index contributed by atoms with van der Waals surface area (Å²) >= 11 is 1.78. The number of allylic oxidation sites excluding steroid dienone is 1. The van der Waals surface area contributed by atoms with Crippen LogP contribution in [-0.4, -0.2) is 67.1 Å². The number of carbonyl (C=O) groups is 1. The number of hydrogen-bond donors (Lipinski definition) is 1. The first kappa shape index (κ1) is 35.1. The summed E-state index contributed by atoms with van der Waals surface area (Å²) in [5, 5.41) is 10.6. The number of ether oxygens (including phenoxy) is 2. The normalized spacial score (nSPS) is 35.0. The Morgan fingerprint density at radius 1 is 1.07 bits per heavy atom. The molecule has 0 bridgehead atoms. The summed E-state index contributed by atoms with van der Waals surface area (Å²) in [6.07, 6.45) is 18.9. The third-order valence-electron chi connectivity index (χ3n) is 12.6. The van der Waals surface area contributed by atoms with Crippen molar-refractivity contribution in [2.45, 2.75) is 130 Å². The molecule has 6 heteroatoms. The van der Waals surface area contributed by atoms with E-state index in [1.807, 2.05) is 0 Å². The number of aliphatic hydroxyl groups is 1. The molecule has 43 heavy (non-hydrogen) atoms. The monoisotopic (exact) mass is 619 g/mol. The number of thioether (sulfide) groups is 1. The number of nitrogens with zero attached hydrogens (tertiary/aromatic N) is 1. The van der Waals surface area contributed by atoms with Crippen LogP contribution in [0.2, 0.25) is 0 Å². The van der Waals surface area contributed by atoms with Gasteiger partial charge in [-0.1, -0.05) is 65.5 Å². The van der Waals surface area contributed by atoms with Gasteiger partial charge in [-0.3, -0.25) is 0 Å². The van der Waals surface area contributed by atoms with Crippen LogP contribution in [0.25, 0.3) is 0 Å². The number of aliphatic hydroxyl groups excluding tert-OH is 1. The zero-order chi connectivity index (χ0) is 31.2.